The van der Waals surface area contributed by atoms with Gasteiger partial charge in [-0.1, -0.05) is 27.5 Å². The number of anilines is 1. The van der Waals surface area contributed by atoms with Crippen molar-refractivity contribution in [2.75, 3.05) is 12.5 Å². The Balaban J connectivity index is 2.51. The molecule has 2 rings (SSSR count). The molecule has 0 saturated carbocycles. The van der Waals surface area contributed by atoms with Gasteiger partial charge in [-0.2, -0.15) is 0 Å². The van der Waals surface area contributed by atoms with E-state index in [2.05, 4.69) is 31.3 Å². The van der Waals surface area contributed by atoms with Crippen LogP contribution in [0.3, 0.4) is 0 Å². The Bertz CT molecular complexity index is 594. The smallest absolute Gasteiger partial charge is 0.163 e. The Kier molecular flexibility index (Phi) is 4.71. The lowest BCUT2D eigenvalue weighted by atomic mass is 10.2. The standard InChI is InChI=1S/C12H12BrClN4O/c1-19-6-8-5-11(18-15)17-12(16-8)9-3-2-7(13)4-10(9)14/h2-5H,6,15H2,1H3,(H,16,17,18). The first-order valence-electron chi connectivity index (χ1n) is 5.43. The molecule has 0 radical (unpaired) electrons. The van der Waals surface area contributed by atoms with Gasteiger partial charge < -0.3 is 10.2 Å². The number of rotatable bonds is 4. The number of methoxy groups -OCH3 is 1. The number of nitrogens with two attached hydrogens (primary N) is 1. The summed E-state index contributed by atoms with van der Waals surface area (Å²) in [5.74, 6) is 6.41. The maximum Gasteiger partial charge on any atom is 0.163 e. The van der Waals surface area contributed by atoms with Gasteiger partial charge in [-0.25, -0.2) is 15.8 Å². The van der Waals surface area contributed by atoms with Crippen LogP contribution in [0.25, 0.3) is 11.4 Å². The molecule has 1 aromatic heterocycles. The highest BCUT2D eigenvalue weighted by Crippen LogP contribution is 2.29. The van der Waals surface area contributed by atoms with Crippen molar-refractivity contribution in [1.29, 1.82) is 0 Å². The molecule has 1 aromatic carbocycles. The molecule has 0 fully saturated rings. The first-order chi connectivity index (χ1) is 9.13. The Morgan fingerprint density at radius 1 is 1.37 bits per heavy atom. The molecule has 7 heteroatoms. The molecule has 19 heavy (non-hydrogen) atoms. The quantitative estimate of drug-likeness (QED) is 0.659. The zero-order valence-corrected chi connectivity index (χ0v) is 12.5. The maximum atomic E-state index is 6.20. The summed E-state index contributed by atoms with van der Waals surface area (Å²) in [6, 6.07) is 7.24. The molecule has 3 N–H and O–H groups in total. The van der Waals surface area contributed by atoms with Crippen molar-refractivity contribution in [2.24, 2.45) is 5.84 Å². The lowest BCUT2D eigenvalue weighted by molar-refractivity contribution is 0.181. The number of aromatic nitrogens is 2. The number of hydrogen-bond acceptors (Lipinski definition) is 5. The highest BCUT2D eigenvalue weighted by Gasteiger charge is 2.10. The van der Waals surface area contributed by atoms with E-state index in [-0.39, 0.29) is 0 Å². The molecular weight excluding hydrogens is 332 g/mol. The molecule has 0 atom stereocenters. The largest absolute Gasteiger partial charge is 0.378 e. The molecule has 0 aliphatic carbocycles. The number of nitrogens with zero attached hydrogens (tertiary/aromatic N) is 2. The first-order valence-corrected chi connectivity index (χ1v) is 6.60. The van der Waals surface area contributed by atoms with Crippen LogP contribution in [0, 0.1) is 0 Å². The van der Waals surface area contributed by atoms with Crippen LogP contribution in [-0.2, 0) is 11.3 Å². The van der Waals surface area contributed by atoms with Gasteiger partial charge in [0.2, 0.25) is 0 Å². The van der Waals surface area contributed by atoms with Crippen molar-refractivity contribution in [1.82, 2.24) is 9.97 Å². The second kappa shape index (κ2) is 6.29. The van der Waals surface area contributed by atoms with E-state index in [1.165, 1.54) is 0 Å². The van der Waals surface area contributed by atoms with Crippen molar-refractivity contribution in [3.63, 3.8) is 0 Å². The van der Waals surface area contributed by atoms with E-state index in [1.807, 2.05) is 12.1 Å². The summed E-state index contributed by atoms with van der Waals surface area (Å²) >= 11 is 9.55. The number of hydrogen-bond donors (Lipinski definition) is 2. The molecule has 5 nitrogen and oxygen atoms in total. The monoisotopic (exact) mass is 342 g/mol. The zero-order chi connectivity index (χ0) is 13.8. The summed E-state index contributed by atoms with van der Waals surface area (Å²) in [6.07, 6.45) is 0. The van der Waals surface area contributed by atoms with Crippen molar-refractivity contribution in [2.45, 2.75) is 6.61 Å². The first kappa shape index (κ1) is 14.2. The lowest BCUT2D eigenvalue weighted by Gasteiger charge is -2.08. The third kappa shape index (κ3) is 3.42. The van der Waals surface area contributed by atoms with E-state index in [9.17, 15) is 0 Å². The fourth-order valence-corrected chi connectivity index (χ4v) is 2.34. The van der Waals surface area contributed by atoms with Crippen molar-refractivity contribution >= 4 is 33.3 Å². The summed E-state index contributed by atoms with van der Waals surface area (Å²) in [4.78, 5) is 8.69. The Labute approximate surface area is 124 Å². The van der Waals surface area contributed by atoms with E-state index in [0.29, 0.717) is 23.3 Å². The van der Waals surface area contributed by atoms with Crippen molar-refractivity contribution < 1.29 is 4.74 Å². The van der Waals surface area contributed by atoms with E-state index in [0.717, 1.165) is 15.7 Å². The van der Waals surface area contributed by atoms with Crippen molar-refractivity contribution in [3.8, 4) is 11.4 Å². The van der Waals surface area contributed by atoms with Crippen LogP contribution in [0.1, 0.15) is 5.69 Å². The molecule has 0 unspecified atom stereocenters. The summed E-state index contributed by atoms with van der Waals surface area (Å²) in [7, 11) is 1.60. The van der Waals surface area contributed by atoms with Crippen LogP contribution >= 0.6 is 27.5 Å². The zero-order valence-electron chi connectivity index (χ0n) is 10.2. The topological polar surface area (TPSA) is 73.1 Å². The number of hydrazine groups is 1. The maximum absolute atomic E-state index is 6.20. The molecular formula is C12H12BrClN4O. The van der Waals surface area contributed by atoms with Crippen LogP contribution in [0.5, 0.6) is 0 Å². The Morgan fingerprint density at radius 3 is 2.79 bits per heavy atom. The number of ether oxygens (including phenoxy) is 1. The fourth-order valence-electron chi connectivity index (χ4n) is 1.58. The predicted octanol–water partition coefficient (Wildman–Crippen LogP) is 2.99. The van der Waals surface area contributed by atoms with Gasteiger partial charge in [0.25, 0.3) is 0 Å². The third-order valence-corrected chi connectivity index (χ3v) is 3.20. The van der Waals surface area contributed by atoms with Gasteiger partial charge in [0.05, 0.1) is 17.3 Å². The van der Waals surface area contributed by atoms with Crippen LogP contribution < -0.4 is 11.3 Å². The SMILES string of the molecule is COCc1cc(NN)nc(-c2ccc(Br)cc2Cl)n1. The average Bonchev–Trinajstić information content (AvgIpc) is 2.38. The molecule has 0 aliphatic heterocycles. The Morgan fingerprint density at radius 2 is 2.16 bits per heavy atom. The minimum atomic E-state index is 0.373. The van der Waals surface area contributed by atoms with Crippen LogP contribution in [0.4, 0.5) is 5.82 Å². The van der Waals surface area contributed by atoms with Gasteiger partial charge in [-0.05, 0) is 18.2 Å². The molecule has 2 aromatic rings. The predicted molar refractivity (Wildman–Crippen MR) is 78.7 cm³/mol. The summed E-state index contributed by atoms with van der Waals surface area (Å²) in [6.45, 7) is 0.373. The van der Waals surface area contributed by atoms with Gasteiger partial charge in [-0.3, -0.25) is 0 Å². The van der Waals surface area contributed by atoms with Gasteiger partial charge in [-0.15, -0.1) is 0 Å². The van der Waals surface area contributed by atoms with Crippen LogP contribution in [-0.4, -0.2) is 17.1 Å². The second-order valence-electron chi connectivity index (χ2n) is 3.77. The summed E-state index contributed by atoms with van der Waals surface area (Å²) in [5, 5.41) is 0.562. The minimum absolute atomic E-state index is 0.373. The van der Waals surface area contributed by atoms with Gasteiger partial charge >= 0.3 is 0 Å². The van der Waals surface area contributed by atoms with Crippen molar-refractivity contribution in [3.05, 3.63) is 39.5 Å². The van der Waals surface area contributed by atoms with Gasteiger partial charge in [0.15, 0.2) is 5.82 Å². The Hall–Kier alpha value is -1.21. The van der Waals surface area contributed by atoms with Gasteiger partial charge in [0.1, 0.15) is 5.82 Å². The molecule has 0 spiro atoms. The third-order valence-electron chi connectivity index (χ3n) is 2.39. The summed E-state index contributed by atoms with van der Waals surface area (Å²) in [5.41, 5.74) is 3.96. The second-order valence-corrected chi connectivity index (χ2v) is 5.09. The van der Waals surface area contributed by atoms with E-state index < -0.39 is 0 Å². The highest BCUT2D eigenvalue weighted by atomic mass is 79.9. The normalized spacial score (nSPS) is 10.5. The minimum Gasteiger partial charge on any atom is -0.378 e. The van der Waals surface area contributed by atoms with Gasteiger partial charge in [0, 0.05) is 23.2 Å². The highest BCUT2D eigenvalue weighted by molar-refractivity contribution is 9.10. The molecule has 1 heterocycles. The number of benzene rings is 1. The molecule has 100 valence electrons. The summed E-state index contributed by atoms with van der Waals surface area (Å²) < 4.78 is 5.96. The fraction of sp³-hybridized carbons (Fsp3) is 0.167. The number of halogens is 2. The average molecular weight is 344 g/mol. The van der Waals surface area contributed by atoms with E-state index in [1.54, 1.807) is 19.2 Å². The number of nitrogens with one attached hydrogen (secondary N) is 1. The van der Waals surface area contributed by atoms with Crippen LogP contribution in [0.15, 0.2) is 28.7 Å². The molecule has 0 saturated heterocycles. The molecule has 0 aliphatic rings. The number of nitrogen functional groups attached to an aromatic ring is 1. The lowest BCUT2D eigenvalue weighted by Crippen LogP contribution is -2.11. The molecule has 0 bridgehead atoms. The molecule has 0 amide bonds. The van der Waals surface area contributed by atoms with E-state index >= 15 is 0 Å². The van der Waals surface area contributed by atoms with E-state index in [4.69, 9.17) is 22.2 Å². The van der Waals surface area contributed by atoms with Crippen LogP contribution in [0.2, 0.25) is 5.02 Å².